The fraction of sp³-hybridized carbons (Fsp3) is 0.714. The topological polar surface area (TPSA) is 59.2 Å². The van der Waals surface area contributed by atoms with Crippen LogP contribution in [0.1, 0.15) is 48.1 Å². The number of nitrogens with two attached hydrogens (primary N) is 1. The fourth-order valence-corrected chi connectivity index (χ4v) is 3.41. The van der Waals surface area contributed by atoms with Crippen molar-refractivity contribution in [2.45, 2.75) is 45.1 Å². The van der Waals surface area contributed by atoms with Gasteiger partial charge in [-0.15, -0.1) is 23.7 Å². The van der Waals surface area contributed by atoms with Crippen molar-refractivity contribution >= 4 is 29.7 Å². The number of hydrogen-bond acceptors (Lipinski definition) is 4. The lowest BCUT2D eigenvalue weighted by atomic mass is 9.87. The molecule has 1 aromatic rings. The van der Waals surface area contributed by atoms with Gasteiger partial charge >= 0.3 is 0 Å². The van der Waals surface area contributed by atoms with E-state index in [-0.39, 0.29) is 18.3 Å². The predicted molar refractivity (Wildman–Crippen MR) is 85.6 cm³/mol. The summed E-state index contributed by atoms with van der Waals surface area (Å²) in [7, 11) is 1.91. The molecular weight excluding hydrogens is 294 g/mol. The van der Waals surface area contributed by atoms with Gasteiger partial charge in [-0.2, -0.15) is 0 Å². The van der Waals surface area contributed by atoms with Crippen LogP contribution in [-0.2, 0) is 6.42 Å². The van der Waals surface area contributed by atoms with Gasteiger partial charge in [-0.1, -0.05) is 6.92 Å². The first kappa shape index (κ1) is 17.4. The molecule has 0 radical (unpaired) electrons. The summed E-state index contributed by atoms with van der Waals surface area (Å²) in [4.78, 5) is 18.6. The Balaban J connectivity index is 0.00000200. The highest BCUT2D eigenvalue weighted by Crippen LogP contribution is 2.27. The summed E-state index contributed by atoms with van der Waals surface area (Å²) in [6.45, 7) is 2.87. The van der Waals surface area contributed by atoms with Gasteiger partial charge in [0, 0.05) is 24.9 Å². The third-order valence-electron chi connectivity index (χ3n) is 3.98. The van der Waals surface area contributed by atoms with E-state index >= 15 is 0 Å². The zero-order valence-electron chi connectivity index (χ0n) is 12.2. The van der Waals surface area contributed by atoms with E-state index in [0.29, 0.717) is 18.3 Å². The molecule has 0 aromatic carbocycles. The lowest BCUT2D eigenvalue weighted by Crippen LogP contribution is -2.39. The van der Waals surface area contributed by atoms with Gasteiger partial charge in [0.15, 0.2) is 0 Å². The van der Waals surface area contributed by atoms with Crippen LogP contribution in [-0.4, -0.2) is 35.4 Å². The standard InChI is InChI=1S/C14H23N3OS.ClH/c1-10-3-5-11(6-4-10)17(2)14(18)12-9-19-13(16-12)7-8-15;/h9-11H,3-8,15H2,1-2H3;1H. The lowest BCUT2D eigenvalue weighted by molar-refractivity contribution is 0.0674. The van der Waals surface area contributed by atoms with E-state index in [2.05, 4.69) is 11.9 Å². The number of carbonyl (C=O) groups is 1. The number of halogens is 1. The van der Waals surface area contributed by atoms with E-state index in [1.807, 2.05) is 17.3 Å². The van der Waals surface area contributed by atoms with Gasteiger partial charge in [0.1, 0.15) is 5.69 Å². The summed E-state index contributed by atoms with van der Waals surface area (Å²) in [5.74, 6) is 0.856. The van der Waals surface area contributed by atoms with Crippen LogP contribution in [0.25, 0.3) is 0 Å². The molecule has 1 fully saturated rings. The van der Waals surface area contributed by atoms with Gasteiger partial charge in [-0.3, -0.25) is 4.79 Å². The molecule has 4 nitrogen and oxygen atoms in total. The average molecular weight is 318 g/mol. The molecule has 1 saturated carbocycles. The molecular formula is C14H24ClN3OS. The van der Waals surface area contributed by atoms with Gasteiger partial charge in [-0.25, -0.2) is 4.98 Å². The minimum atomic E-state index is 0. The van der Waals surface area contributed by atoms with Crippen LogP contribution in [0.3, 0.4) is 0 Å². The van der Waals surface area contributed by atoms with E-state index < -0.39 is 0 Å². The highest BCUT2D eigenvalue weighted by molar-refractivity contribution is 7.09. The van der Waals surface area contributed by atoms with Gasteiger partial charge in [0.05, 0.1) is 5.01 Å². The summed E-state index contributed by atoms with van der Waals surface area (Å²) in [5, 5.41) is 2.81. The van der Waals surface area contributed by atoms with Crippen molar-refractivity contribution < 1.29 is 4.79 Å². The lowest BCUT2D eigenvalue weighted by Gasteiger charge is -2.33. The quantitative estimate of drug-likeness (QED) is 0.929. The first-order chi connectivity index (χ1) is 9.11. The van der Waals surface area contributed by atoms with Crippen molar-refractivity contribution in [3.05, 3.63) is 16.1 Å². The van der Waals surface area contributed by atoms with Crippen molar-refractivity contribution in [1.82, 2.24) is 9.88 Å². The van der Waals surface area contributed by atoms with Gasteiger partial charge in [0.2, 0.25) is 0 Å². The number of thiazole rings is 1. The van der Waals surface area contributed by atoms with Gasteiger partial charge in [-0.05, 0) is 38.1 Å². The largest absolute Gasteiger partial charge is 0.337 e. The van der Waals surface area contributed by atoms with Crippen molar-refractivity contribution in [3.8, 4) is 0 Å². The van der Waals surface area contributed by atoms with Crippen molar-refractivity contribution in [2.75, 3.05) is 13.6 Å². The molecule has 114 valence electrons. The van der Waals surface area contributed by atoms with Crippen LogP contribution >= 0.6 is 23.7 Å². The van der Waals surface area contributed by atoms with Crippen LogP contribution in [0.2, 0.25) is 0 Å². The Morgan fingerprint density at radius 2 is 2.10 bits per heavy atom. The second-order valence-electron chi connectivity index (χ2n) is 5.49. The zero-order valence-corrected chi connectivity index (χ0v) is 13.8. The minimum Gasteiger partial charge on any atom is -0.337 e. The molecule has 1 aromatic heterocycles. The molecule has 20 heavy (non-hydrogen) atoms. The smallest absolute Gasteiger partial charge is 0.273 e. The number of rotatable bonds is 4. The molecule has 0 unspecified atom stereocenters. The molecule has 2 rings (SSSR count). The van der Waals surface area contributed by atoms with E-state index in [1.54, 1.807) is 0 Å². The first-order valence-electron chi connectivity index (χ1n) is 7.03. The Morgan fingerprint density at radius 3 is 2.70 bits per heavy atom. The summed E-state index contributed by atoms with van der Waals surface area (Å²) >= 11 is 1.53. The van der Waals surface area contributed by atoms with Crippen LogP contribution in [0.5, 0.6) is 0 Å². The molecule has 1 aliphatic carbocycles. The number of hydrogen-bond donors (Lipinski definition) is 1. The summed E-state index contributed by atoms with van der Waals surface area (Å²) in [6.07, 6.45) is 5.42. The Kier molecular flexibility index (Phi) is 6.92. The number of amides is 1. The number of aromatic nitrogens is 1. The number of nitrogens with zero attached hydrogens (tertiary/aromatic N) is 2. The molecule has 1 amide bonds. The Labute approximate surface area is 131 Å². The molecule has 0 saturated heterocycles. The normalized spacial score (nSPS) is 22.1. The second kappa shape index (κ2) is 7.96. The van der Waals surface area contributed by atoms with Crippen LogP contribution in [0, 0.1) is 5.92 Å². The van der Waals surface area contributed by atoms with Crippen LogP contribution < -0.4 is 5.73 Å². The van der Waals surface area contributed by atoms with Gasteiger partial charge in [0.25, 0.3) is 5.91 Å². The third kappa shape index (κ3) is 4.17. The van der Waals surface area contributed by atoms with E-state index in [0.717, 1.165) is 30.2 Å². The monoisotopic (exact) mass is 317 g/mol. The molecule has 6 heteroatoms. The maximum Gasteiger partial charge on any atom is 0.273 e. The minimum absolute atomic E-state index is 0. The average Bonchev–Trinajstić information content (AvgIpc) is 2.87. The highest BCUT2D eigenvalue weighted by atomic mass is 35.5. The van der Waals surface area contributed by atoms with E-state index in [1.165, 1.54) is 24.2 Å². The van der Waals surface area contributed by atoms with Crippen LogP contribution in [0.4, 0.5) is 0 Å². The third-order valence-corrected chi connectivity index (χ3v) is 4.89. The number of carbonyl (C=O) groups excluding carboxylic acids is 1. The Hall–Kier alpha value is -0.650. The van der Waals surface area contributed by atoms with Gasteiger partial charge < -0.3 is 10.6 Å². The summed E-state index contributed by atoms with van der Waals surface area (Å²) in [5.41, 5.74) is 6.09. The second-order valence-corrected chi connectivity index (χ2v) is 6.44. The van der Waals surface area contributed by atoms with Crippen LogP contribution in [0.15, 0.2) is 5.38 Å². The first-order valence-corrected chi connectivity index (χ1v) is 7.91. The predicted octanol–water partition coefficient (Wildman–Crippen LogP) is 2.72. The molecule has 2 N–H and O–H groups in total. The maximum absolute atomic E-state index is 12.4. The van der Waals surface area contributed by atoms with E-state index in [9.17, 15) is 4.79 Å². The highest BCUT2D eigenvalue weighted by Gasteiger charge is 2.26. The Morgan fingerprint density at radius 1 is 1.45 bits per heavy atom. The Bertz CT molecular complexity index is 430. The van der Waals surface area contributed by atoms with Crippen molar-refractivity contribution in [1.29, 1.82) is 0 Å². The van der Waals surface area contributed by atoms with Crippen molar-refractivity contribution in [3.63, 3.8) is 0 Å². The molecule has 1 aliphatic rings. The van der Waals surface area contributed by atoms with E-state index in [4.69, 9.17) is 5.73 Å². The SMILES string of the molecule is CC1CCC(N(C)C(=O)c2csc(CCN)n2)CC1.Cl. The molecule has 0 spiro atoms. The summed E-state index contributed by atoms with van der Waals surface area (Å²) in [6, 6.07) is 0.378. The molecule has 0 bridgehead atoms. The zero-order chi connectivity index (χ0) is 13.8. The maximum atomic E-state index is 12.4. The molecule has 1 heterocycles. The van der Waals surface area contributed by atoms with Crippen molar-refractivity contribution in [2.24, 2.45) is 11.7 Å². The molecule has 0 atom stereocenters. The fourth-order valence-electron chi connectivity index (χ4n) is 2.62. The molecule has 0 aliphatic heterocycles. The summed E-state index contributed by atoms with van der Waals surface area (Å²) < 4.78 is 0.